The number of hydrogen-bond acceptors (Lipinski definition) is 6. The Balaban J connectivity index is 2.54. The van der Waals surface area contributed by atoms with Crippen molar-refractivity contribution in [1.29, 1.82) is 0 Å². The Hall–Kier alpha value is -1.22. The molecule has 86 valence electrons. The van der Waals surface area contributed by atoms with E-state index < -0.39 is 0 Å². The third-order valence-electron chi connectivity index (χ3n) is 1.96. The largest absolute Gasteiger partial charge is 0.272 e. The van der Waals surface area contributed by atoms with Gasteiger partial charge in [-0.05, 0) is 0 Å². The first-order chi connectivity index (χ1) is 7.20. The van der Waals surface area contributed by atoms with Crippen molar-refractivity contribution in [2.45, 2.75) is 6.42 Å². The summed E-state index contributed by atoms with van der Waals surface area (Å²) in [5, 5.41) is 18.6. The fourth-order valence-corrected chi connectivity index (χ4v) is 1.33. The first kappa shape index (κ1) is 11.9. The van der Waals surface area contributed by atoms with E-state index in [-0.39, 0.29) is 44.5 Å². The second-order valence-corrected chi connectivity index (χ2v) is 2.88. The van der Waals surface area contributed by atoms with Gasteiger partial charge < -0.3 is 0 Å². The lowest BCUT2D eigenvalue weighted by Crippen LogP contribution is -2.44. The summed E-state index contributed by atoms with van der Waals surface area (Å²) in [6, 6.07) is 0. The van der Waals surface area contributed by atoms with Gasteiger partial charge in [-0.1, -0.05) is 0 Å². The smallest absolute Gasteiger partial charge is 0.250 e. The molecule has 1 fully saturated rings. The molecular weight excluding hydrogens is 208 g/mol. The molecule has 0 spiro atoms. The highest BCUT2D eigenvalue weighted by Crippen LogP contribution is 2.12. The van der Waals surface area contributed by atoms with E-state index in [1.165, 1.54) is 0 Å². The molecule has 2 amide bonds. The van der Waals surface area contributed by atoms with Gasteiger partial charge in [0.15, 0.2) is 0 Å². The molecule has 0 unspecified atom stereocenters. The van der Waals surface area contributed by atoms with E-state index in [9.17, 15) is 9.59 Å². The van der Waals surface area contributed by atoms with Crippen molar-refractivity contribution in [3.8, 4) is 0 Å². The lowest BCUT2D eigenvalue weighted by Gasteiger charge is -2.26. The van der Waals surface area contributed by atoms with Crippen molar-refractivity contribution in [2.24, 2.45) is 0 Å². The molecule has 1 heterocycles. The van der Waals surface area contributed by atoms with Gasteiger partial charge >= 0.3 is 0 Å². The van der Waals surface area contributed by atoms with Crippen LogP contribution in [0.3, 0.4) is 0 Å². The molecule has 0 radical (unpaired) electrons. The van der Waals surface area contributed by atoms with Gasteiger partial charge in [0, 0.05) is 0 Å². The van der Waals surface area contributed by atoms with Crippen LogP contribution in [0.1, 0.15) is 6.42 Å². The second kappa shape index (κ2) is 5.61. The molecule has 0 atom stereocenters. The SMILES string of the molecule is O=C1CC(=O)N(CCOO)N1CCOO. The van der Waals surface area contributed by atoms with Crippen LogP contribution in [0, 0.1) is 0 Å². The van der Waals surface area contributed by atoms with Gasteiger partial charge in [0.1, 0.15) is 19.6 Å². The van der Waals surface area contributed by atoms with Crippen molar-refractivity contribution in [3.63, 3.8) is 0 Å². The normalized spacial score (nSPS) is 16.7. The molecule has 0 aromatic rings. The molecule has 15 heavy (non-hydrogen) atoms. The number of rotatable bonds is 6. The van der Waals surface area contributed by atoms with Crippen LogP contribution in [0.4, 0.5) is 0 Å². The maximum Gasteiger partial charge on any atom is 0.250 e. The lowest BCUT2D eigenvalue weighted by atomic mass is 10.4. The Morgan fingerprint density at radius 1 is 1.00 bits per heavy atom. The lowest BCUT2D eigenvalue weighted by molar-refractivity contribution is -0.254. The average Bonchev–Trinajstić information content (AvgIpc) is 2.47. The summed E-state index contributed by atoms with van der Waals surface area (Å²) >= 11 is 0. The zero-order chi connectivity index (χ0) is 11.3. The Labute approximate surface area is 85.4 Å². The van der Waals surface area contributed by atoms with Gasteiger partial charge in [0.25, 0.3) is 11.8 Å². The van der Waals surface area contributed by atoms with Crippen LogP contribution >= 0.6 is 0 Å². The van der Waals surface area contributed by atoms with Crippen molar-refractivity contribution < 1.29 is 29.9 Å². The monoisotopic (exact) mass is 220 g/mol. The second-order valence-electron chi connectivity index (χ2n) is 2.88. The standard InChI is InChI=1S/C7H12N2O6/c10-6-5-7(11)9(2-4-15-13)8(6)1-3-14-12/h12-13H,1-5H2. The summed E-state index contributed by atoms with van der Waals surface area (Å²) in [6.07, 6.45) is -0.211. The van der Waals surface area contributed by atoms with Gasteiger partial charge in [-0.3, -0.25) is 20.1 Å². The molecule has 8 nitrogen and oxygen atoms in total. The van der Waals surface area contributed by atoms with E-state index >= 15 is 0 Å². The van der Waals surface area contributed by atoms with E-state index in [1.54, 1.807) is 0 Å². The summed E-state index contributed by atoms with van der Waals surface area (Å²) in [7, 11) is 0. The molecule has 1 aliphatic heterocycles. The van der Waals surface area contributed by atoms with Crippen LogP contribution in [-0.2, 0) is 19.4 Å². The van der Waals surface area contributed by atoms with Gasteiger partial charge in [-0.25, -0.2) is 19.8 Å². The fraction of sp³-hybridized carbons (Fsp3) is 0.714. The number of hydrazine groups is 1. The van der Waals surface area contributed by atoms with Crippen LogP contribution in [0.5, 0.6) is 0 Å². The minimum Gasteiger partial charge on any atom is -0.272 e. The molecule has 0 bridgehead atoms. The van der Waals surface area contributed by atoms with Gasteiger partial charge in [-0.15, -0.1) is 0 Å². The highest BCUT2D eigenvalue weighted by Gasteiger charge is 2.34. The molecule has 1 rings (SSSR count). The third kappa shape index (κ3) is 2.86. The van der Waals surface area contributed by atoms with Crippen molar-refractivity contribution in [3.05, 3.63) is 0 Å². The van der Waals surface area contributed by atoms with Crippen molar-refractivity contribution in [2.75, 3.05) is 26.3 Å². The van der Waals surface area contributed by atoms with E-state index in [4.69, 9.17) is 10.5 Å². The van der Waals surface area contributed by atoms with Crippen LogP contribution in [0.25, 0.3) is 0 Å². The van der Waals surface area contributed by atoms with E-state index in [0.717, 1.165) is 10.0 Å². The van der Waals surface area contributed by atoms with Gasteiger partial charge in [-0.2, -0.15) is 0 Å². The molecule has 0 aromatic carbocycles. The van der Waals surface area contributed by atoms with Crippen LogP contribution in [0.15, 0.2) is 0 Å². The Bertz CT molecular complexity index is 222. The van der Waals surface area contributed by atoms with Crippen LogP contribution in [0.2, 0.25) is 0 Å². The van der Waals surface area contributed by atoms with Gasteiger partial charge in [0.2, 0.25) is 0 Å². The number of nitrogens with zero attached hydrogens (tertiary/aromatic N) is 2. The van der Waals surface area contributed by atoms with Crippen molar-refractivity contribution >= 4 is 11.8 Å². The summed E-state index contributed by atoms with van der Waals surface area (Å²) in [5.41, 5.74) is 0. The maximum atomic E-state index is 11.3. The number of hydrogen-bond donors (Lipinski definition) is 2. The average molecular weight is 220 g/mol. The fourth-order valence-electron chi connectivity index (χ4n) is 1.33. The molecule has 0 saturated carbocycles. The van der Waals surface area contributed by atoms with Crippen molar-refractivity contribution in [1.82, 2.24) is 10.0 Å². The zero-order valence-electron chi connectivity index (χ0n) is 7.96. The predicted molar refractivity (Wildman–Crippen MR) is 45.2 cm³/mol. The first-order valence-electron chi connectivity index (χ1n) is 4.34. The van der Waals surface area contributed by atoms with Crippen LogP contribution < -0.4 is 0 Å². The number of carbonyl (C=O) groups excluding carboxylic acids is 2. The summed E-state index contributed by atoms with van der Waals surface area (Å²) in [6.45, 7) is -0.0238. The molecule has 0 aromatic heterocycles. The van der Waals surface area contributed by atoms with E-state index in [2.05, 4.69) is 9.78 Å². The minimum atomic E-state index is -0.366. The molecule has 2 N–H and O–H groups in total. The maximum absolute atomic E-state index is 11.3. The summed E-state index contributed by atoms with van der Waals surface area (Å²) < 4.78 is 0. The summed E-state index contributed by atoms with van der Waals surface area (Å²) in [5.74, 6) is -0.732. The predicted octanol–water partition coefficient (Wildman–Crippen LogP) is -1.06. The molecular formula is C7H12N2O6. The number of amides is 2. The van der Waals surface area contributed by atoms with E-state index in [0.29, 0.717) is 0 Å². The first-order valence-corrected chi connectivity index (χ1v) is 4.34. The highest BCUT2D eigenvalue weighted by atomic mass is 17.1. The summed E-state index contributed by atoms with van der Waals surface area (Å²) in [4.78, 5) is 30.2. The molecule has 1 saturated heterocycles. The Morgan fingerprint density at radius 3 is 1.73 bits per heavy atom. The third-order valence-corrected chi connectivity index (χ3v) is 1.96. The highest BCUT2D eigenvalue weighted by molar-refractivity contribution is 6.02. The molecule has 0 aliphatic carbocycles. The molecule has 8 heteroatoms. The van der Waals surface area contributed by atoms with Gasteiger partial charge in [0.05, 0.1) is 13.1 Å². The Kier molecular flexibility index (Phi) is 4.43. The zero-order valence-corrected chi connectivity index (χ0v) is 7.96. The topological polar surface area (TPSA) is 99.5 Å². The minimum absolute atomic E-state index is 0.0759. The van der Waals surface area contributed by atoms with E-state index in [1.807, 2.05) is 0 Å². The quantitative estimate of drug-likeness (QED) is 0.336. The number of carbonyl (C=O) groups is 2. The Morgan fingerprint density at radius 2 is 1.40 bits per heavy atom. The molecule has 1 aliphatic rings. The van der Waals surface area contributed by atoms with Crippen LogP contribution in [-0.4, -0.2) is 58.6 Å².